The Kier molecular flexibility index (Phi) is 8.07. The molecule has 1 aromatic heterocycles. The van der Waals surface area contributed by atoms with E-state index in [0.29, 0.717) is 35.6 Å². The number of nitrogen functional groups attached to an aromatic ring is 1. The number of hydrogen-bond acceptors (Lipinski definition) is 9. The number of hydrogen-bond donors (Lipinski definition) is 3. The van der Waals surface area contributed by atoms with Crippen LogP contribution in [0.4, 0.5) is 15.9 Å². The van der Waals surface area contributed by atoms with Crippen molar-refractivity contribution in [1.82, 2.24) is 10.2 Å². The molecule has 0 fully saturated rings. The molecule has 2 heterocycles. The number of benzene rings is 2. The topological polar surface area (TPSA) is 163 Å². The van der Waals surface area contributed by atoms with E-state index in [1.807, 2.05) is 6.07 Å². The van der Waals surface area contributed by atoms with Crippen LogP contribution in [0.1, 0.15) is 36.4 Å². The van der Waals surface area contributed by atoms with Crippen LogP contribution < -0.4 is 25.5 Å². The lowest BCUT2D eigenvalue weighted by atomic mass is 9.96. The molecule has 12 heteroatoms. The molecule has 4 N–H and O–H groups in total. The molecule has 0 saturated carbocycles. The summed E-state index contributed by atoms with van der Waals surface area (Å²) in [6.45, 7) is -0.357. The fourth-order valence-corrected chi connectivity index (χ4v) is 3.94. The molecule has 2 aromatic carbocycles. The molecule has 38 heavy (non-hydrogen) atoms. The van der Waals surface area contributed by atoms with Gasteiger partial charge in [0.2, 0.25) is 5.91 Å². The first-order valence-corrected chi connectivity index (χ1v) is 11.7. The zero-order valence-electron chi connectivity index (χ0n) is 20.5. The number of halogens is 1. The van der Waals surface area contributed by atoms with Crippen molar-refractivity contribution in [3.8, 4) is 17.6 Å². The highest BCUT2D eigenvalue weighted by Crippen LogP contribution is 2.35. The van der Waals surface area contributed by atoms with Crippen LogP contribution in [0.15, 0.2) is 59.8 Å². The van der Waals surface area contributed by atoms with E-state index in [-0.39, 0.29) is 41.9 Å². The van der Waals surface area contributed by atoms with E-state index >= 15 is 4.39 Å². The van der Waals surface area contributed by atoms with Gasteiger partial charge in [-0.05, 0) is 55.3 Å². The van der Waals surface area contributed by atoms with Gasteiger partial charge in [-0.3, -0.25) is 10.2 Å². The highest BCUT2D eigenvalue weighted by atomic mass is 19.1. The Morgan fingerprint density at radius 3 is 2.74 bits per heavy atom. The minimum atomic E-state index is -0.872. The third kappa shape index (κ3) is 5.84. The largest absolute Gasteiger partial charge is 0.497 e. The molecular weight excluding hydrogens is 491 g/mol. The van der Waals surface area contributed by atoms with Crippen LogP contribution in [0.2, 0.25) is 0 Å². The number of anilines is 2. The van der Waals surface area contributed by atoms with Crippen LogP contribution in [0, 0.1) is 22.6 Å². The summed E-state index contributed by atoms with van der Waals surface area (Å²) >= 11 is 0. The third-order valence-corrected chi connectivity index (χ3v) is 5.78. The number of amides is 1. The molecule has 1 aliphatic heterocycles. The summed E-state index contributed by atoms with van der Waals surface area (Å²) in [5, 5.41) is 33.5. The minimum absolute atomic E-state index is 0.0857. The second-order valence-corrected chi connectivity index (χ2v) is 8.28. The molecule has 0 radical (unpaired) electrons. The summed E-state index contributed by atoms with van der Waals surface area (Å²) < 4.78 is 26.6. The molecule has 0 bridgehead atoms. The van der Waals surface area contributed by atoms with Crippen molar-refractivity contribution in [3.63, 3.8) is 0 Å². The lowest BCUT2D eigenvalue weighted by Gasteiger charge is -2.25. The smallest absolute Gasteiger partial charge is 0.248 e. The number of rotatable bonds is 9. The first-order valence-electron chi connectivity index (χ1n) is 11.7. The van der Waals surface area contributed by atoms with E-state index < -0.39 is 11.9 Å². The number of ether oxygens (including phenoxy) is 2. The number of nitrogens with zero attached hydrogens (tertiary/aromatic N) is 5. The standard InChI is InChI=1S/C26H25FN8O3/c1-37-18-14-19(24(27)21(15-18)38-13-11-28)25(32-17-9-7-16(8-10-17)26(29)30)20-4-2-6-23(36)35(34-20)22-5-3-12-31-33-22/h3,5,7-10,12,14-15,25,32H,2,4,6,13H2,1H3,(H3,29,30). The van der Waals surface area contributed by atoms with Gasteiger partial charge in [-0.1, -0.05) is 0 Å². The Hall–Kier alpha value is -5.05. The predicted octanol–water partition coefficient (Wildman–Crippen LogP) is 3.54. The predicted molar refractivity (Wildman–Crippen MR) is 139 cm³/mol. The van der Waals surface area contributed by atoms with Gasteiger partial charge in [-0.2, -0.15) is 20.5 Å². The van der Waals surface area contributed by atoms with Gasteiger partial charge in [0.15, 0.2) is 24.0 Å². The average molecular weight is 517 g/mol. The van der Waals surface area contributed by atoms with E-state index in [2.05, 4.69) is 20.6 Å². The maximum atomic E-state index is 15.9. The Bertz CT molecular complexity index is 1390. The van der Waals surface area contributed by atoms with Gasteiger partial charge in [0.25, 0.3) is 0 Å². The number of nitrogens with one attached hydrogen (secondary N) is 2. The highest BCUT2D eigenvalue weighted by Gasteiger charge is 2.30. The quantitative estimate of drug-likeness (QED) is 0.287. The molecule has 1 amide bonds. The van der Waals surface area contributed by atoms with Crippen molar-refractivity contribution in [2.75, 3.05) is 24.0 Å². The summed E-state index contributed by atoms with van der Waals surface area (Å²) in [7, 11) is 1.44. The number of amidine groups is 1. The lowest BCUT2D eigenvalue weighted by Crippen LogP contribution is -2.29. The van der Waals surface area contributed by atoms with Gasteiger partial charge < -0.3 is 20.5 Å². The number of hydrazone groups is 1. The maximum absolute atomic E-state index is 15.9. The van der Waals surface area contributed by atoms with Crippen molar-refractivity contribution in [2.45, 2.75) is 25.3 Å². The summed E-state index contributed by atoms with van der Waals surface area (Å²) in [6.07, 6.45) is 2.54. The summed E-state index contributed by atoms with van der Waals surface area (Å²) in [5.41, 5.74) is 7.29. The SMILES string of the molecule is COc1cc(OCC#N)c(F)c(C(Nc2ccc(C(=N)N)cc2)C2=NN(c3cccnn3)C(=O)CCC2)c1. The molecule has 1 unspecified atom stereocenters. The third-order valence-electron chi connectivity index (χ3n) is 5.78. The summed E-state index contributed by atoms with van der Waals surface area (Å²) in [6, 6.07) is 13.8. The number of aromatic nitrogens is 2. The summed E-state index contributed by atoms with van der Waals surface area (Å²) in [4.78, 5) is 12.9. The van der Waals surface area contributed by atoms with Gasteiger partial charge >= 0.3 is 0 Å². The number of carbonyl (C=O) groups is 1. The molecule has 3 aromatic rings. The number of methoxy groups -OCH3 is 1. The second kappa shape index (κ2) is 11.8. The molecule has 11 nitrogen and oxygen atoms in total. The minimum Gasteiger partial charge on any atom is -0.497 e. The first kappa shape index (κ1) is 26.0. The van der Waals surface area contributed by atoms with E-state index in [1.165, 1.54) is 30.4 Å². The molecule has 0 saturated heterocycles. The monoisotopic (exact) mass is 516 g/mol. The van der Waals surface area contributed by atoms with Gasteiger partial charge in [0.1, 0.15) is 17.7 Å². The normalized spacial score (nSPS) is 14.1. The van der Waals surface area contributed by atoms with E-state index in [1.54, 1.807) is 36.4 Å². The highest BCUT2D eigenvalue weighted by molar-refractivity contribution is 6.01. The molecule has 1 atom stereocenters. The van der Waals surface area contributed by atoms with Gasteiger partial charge in [-0.15, -0.1) is 5.10 Å². The number of nitrogens with two attached hydrogens (primary N) is 1. The fourth-order valence-electron chi connectivity index (χ4n) is 3.94. The molecule has 1 aliphatic rings. The van der Waals surface area contributed by atoms with Crippen LogP contribution >= 0.6 is 0 Å². The van der Waals surface area contributed by atoms with Crippen molar-refractivity contribution in [3.05, 3.63) is 71.7 Å². The fraction of sp³-hybridized carbons (Fsp3) is 0.231. The zero-order chi connectivity index (χ0) is 27.1. The molecular formula is C26H25FN8O3. The van der Waals surface area contributed by atoms with Crippen LogP contribution in [0.25, 0.3) is 0 Å². The van der Waals surface area contributed by atoms with Crippen molar-refractivity contribution in [2.24, 2.45) is 10.8 Å². The first-order chi connectivity index (χ1) is 18.4. The van der Waals surface area contributed by atoms with Gasteiger partial charge in [0, 0.05) is 35.5 Å². The van der Waals surface area contributed by atoms with E-state index in [9.17, 15) is 4.79 Å². The molecule has 4 rings (SSSR count). The second-order valence-electron chi connectivity index (χ2n) is 8.28. The van der Waals surface area contributed by atoms with Gasteiger partial charge in [-0.25, -0.2) is 4.39 Å². The molecule has 194 valence electrons. The molecule has 0 aliphatic carbocycles. The van der Waals surface area contributed by atoms with Gasteiger partial charge in [0.05, 0.1) is 18.9 Å². The zero-order valence-corrected chi connectivity index (χ0v) is 20.5. The van der Waals surface area contributed by atoms with Crippen LogP contribution in [0.5, 0.6) is 11.5 Å². The van der Waals surface area contributed by atoms with Crippen LogP contribution in [0.3, 0.4) is 0 Å². The van der Waals surface area contributed by atoms with Crippen molar-refractivity contribution >= 4 is 29.0 Å². The van der Waals surface area contributed by atoms with Crippen molar-refractivity contribution in [1.29, 1.82) is 10.7 Å². The number of nitriles is 1. The maximum Gasteiger partial charge on any atom is 0.248 e. The number of carbonyl (C=O) groups excluding carboxylic acids is 1. The Morgan fingerprint density at radius 2 is 2.08 bits per heavy atom. The Balaban J connectivity index is 1.85. The van der Waals surface area contributed by atoms with Crippen molar-refractivity contribution < 1.29 is 18.7 Å². The Labute approximate surface area is 218 Å². The van der Waals surface area contributed by atoms with E-state index in [4.69, 9.17) is 25.9 Å². The lowest BCUT2D eigenvalue weighted by molar-refractivity contribution is -0.118. The van der Waals surface area contributed by atoms with Crippen LogP contribution in [-0.2, 0) is 4.79 Å². The molecule has 0 spiro atoms. The Morgan fingerprint density at radius 1 is 1.29 bits per heavy atom. The summed E-state index contributed by atoms with van der Waals surface area (Å²) in [5.74, 6) is -0.666. The van der Waals surface area contributed by atoms with E-state index in [0.717, 1.165) is 0 Å². The average Bonchev–Trinajstić information content (AvgIpc) is 3.13. The van der Waals surface area contributed by atoms with Crippen LogP contribution in [-0.4, -0.2) is 41.4 Å².